The second-order valence-corrected chi connectivity index (χ2v) is 11.5. The highest BCUT2D eigenvalue weighted by molar-refractivity contribution is 7.91. The van der Waals surface area contributed by atoms with Gasteiger partial charge in [-0.05, 0) is 60.9 Å². The lowest BCUT2D eigenvalue weighted by Crippen LogP contribution is -2.45. The van der Waals surface area contributed by atoms with Gasteiger partial charge in [0.25, 0.3) is 10.0 Å². The molecule has 168 valence electrons. The van der Waals surface area contributed by atoms with E-state index in [2.05, 4.69) is 5.32 Å². The number of carbonyl (C=O) groups excluding carboxylic acids is 1. The first-order valence-electron chi connectivity index (χ1n) is 9.90. The van der Waals surface area contributed by atoms with Crippen LogP contribution in [-0.2, 0) is 21.4 Å². The summed E-state index contributed by atoms with van der Waals surface area (Å²) < 4.78 is 33.5. The number of thiophene rings is 1. The van der Waals surface area contributed by atoms with Crippen molar-refractivity contribution in [2.24, 2.45) is 0 Å². The van der Waals surface area contributed by atoms with Gasteiger partial charge >= 0.3 is 0 Å². The molecule has 0 bridgehead atoms. The maximum Gasteiger partial charge on any atom is 0.253 e. The van der Waals surface area contributed by atoms with Gasteiger partial charge in [-0.2, -0.15) is 4.31 Å². The van der Waals surface area contributed by atoms with Gasteiger partial charge in [0.1, 0.15) is 21.8 Å². The molecule has 1 atom stereocenters. The van der Waals surface area contributed by atoms with Crippen LogP contribution in [0.4, 0.5) is 0 Å². The third-order valence-electron chi connectivity index (χ3n) is 5.01. The molecule has 2 heterocycles. The van der Waals surface area contributed by atoms with E-state index in [-0.39, 0.29) is 16.7 Å². The minimum absolute atomic E-state index is 0.146. The van der Waals surface area contributed by atoms with Crippen molar-refractivity contribution >= 4 is 50.5 Å². The quantitative estimate of drug-likeness (QED) is 0.466. The summed E-state index contributed by atoms with van der Waals surface area (Å²) in [5.74, 6) is 0.896. The highest BCUT2D eigenvalue weighted by Gasteiger charge is 2.39. The Morgan fingerprint density at radius 3 is 2.56 bits per heavy atom. The van der Waals surface area contributed by atoms with Gasteiger partial charge in [-0.25, -0.2) is 8.42 Å². The predicted molar refractivity (Wildman–Crippen MR) is 126 cm³/mol. The molecule has 1 aromatic heterocycles. The maximum atomic E-state index is 13.0. The average Bonchev–Trinajstić information content (AvgIpc) is 3.42. The zero-order valence-electron chi connectivity index (χ0n) is 16.8. The van der Waals surface area contributed by atoms with Crippen molar-refractivity contribution in [3.63, 3.8) is 0 Å². The first-order chi connectivity index (χ1) is 15.3. The Morgan fingerprint density at radius 2 is 1.84 bits per heavy atom. The molecule has 0 radical (unpaired) electrons. The van der Waals surface area contributed by atoms with Crippen LogP contribution < -0.4 is 10.1 Å². The standard InChI is InChI=1S/C22H20Cl2N2O4S2/c23-16-5-2-7-18(13-16)30-17-6-1-4-15(12-17)14-25-22(27)19-8-3-11-26(19)32(28,29)21-10-9-20(24)31-21/h1-2,4-7,9-10,12-13,19H,3,8,11,14H2,(H,25,27)/t19-/m0/s1. The second-order valence-electron chi connectivity index (χ2n) is 7.26. The molecule has 2 aromatic carbocycles. The lowest BCUT2D eigenvalue weighted by molar-refractivity contribution is -0.124. The molecular formula is C22H20Cl2N2O4S2. The van der Waals surface area contributed by atoms with Crippen molar-refractivity contribution in [3.05, 3.63) is 75.6 Å². The fourth-order valence-electron chi connectivity index (χ4n) is 3.53. The Bertz CT molecular complexity index is 1230. The van der Waals surface area contributed by atoms with E-state index in [0.29, 0.717) is 40.2 Å². The molecule has 1 N–H and O–H groups in total. The molecule has 3 aromatic rings. The molecule has 32 heavy (non-hydrogen) atoms. The fourth-order valence-corrected chi connectivity index (χ4v) is 6.98. The number of ether oxygens (including phenoxy) is 1. The monoisotopic (exact) mass is 510 g/mol. The van der Waals surface area contributed by atoms with Gasteiger partial charge in [-0.3, -0.25) is 4.79 Å². The van der Waals surface area contributed by atoms with Gasteiger partial charge in [-0.15, -0.1) is 11.3 Å². The Labute approximate surface area is 200 Å². The van der Waals surface area contributed by atoms with Crippen LogP contribution in [0.2, 0.25) is 9.36 Å². The van der Waals surface area contributed by atoms with E-state index in [9.17, 15) is 13.2 Å². The summed E-state index contributed by atoms with van der Waals surface area (Å²) in [5, 5.41) is 3.43. The molecule has 1 saturated heterocycles. The Hall–Kier alpha value is -2.10. The molecule has 1 fully saturated rings. The third-order valence-corrected chi connectivity index (χ3v) is 8.86. The Balaban J connectivity index is 1.41. The number of nitrogens with one attached hydrogen (secondary N) is 1. The van der Waals surface area contributed by atoms with E-state index in [1.54, 1.807) is 30.3 Å². The van der Waals surface area contributed by atoms with E-state index in [4.69, 9.17) is 27.9 Å². The van der Waals surface area contributed by atoms with Crippen molar-refractivity contribution in [2.75, 3.05) is 6.54 Å². The number of halogens is 2. The summed E-state index contributed by atoms with van der Waals surface area (Å²) in [6.07, 6.45) is 1.10. The predicted octanol–water partition coefficient (Wildman–Crippen LogP) is 5.32. The van der Waals surface area contributed by atoms with Crippen molar-refractivity contribution in [2.45, 2.75) is 29.6 Å². The summed E-state index contributed by atoms with van der Waals surface area (Å²) in [6.45, 7) is 0.555. The number of rotatable bonds is 7. The lowest BCUT2D eigenvalue weighted by atomic mass is 10.2. The van der Waals surface area contributed by atoms with Crippen LogP contribution in [0.25, 0.3) is 0 Å². The second kappa shape index (κ2) is 9.80. The molecular weight excluding hydrogens is 491 g/mol. The molecule has 1 amide bonds. The molecule has 6 nitrogen and oxygen atoms in total. The van der Waals surface area contributed by atoms with Crippen LogP contribution in [0.15, 0.2) is 64.9 Å². The third kappa shape index (κ3) is 5.27. The molecule has 0 saturated carbocycles. The van der Waals surface area contributed by atoms with Gasteiger partial charge in [0, 0.05) is 18.1 Å². The zero-order chi connectivity index (χ0) is 22.7. The fraction of sp³-hybridized carbons (Fsp3) is 0.227. The highest BCUT2D eigenvalue weighted by atomic mass is 35.5. The number of sulfonamides is 1. The average molecular weight is 511 g/mol. The number of benzene rings is 2. The minimum atomic E-state index is -3.76. The van der Waals surface area contributed by atoms with E-state index in [0.717, 1.165) is 16.9 Å². The summed E-state index contributed by atoms with van der Waals surface area (Å²) in [7, 11) is -3.76. The Kier molecular flexibility index (Phi) is 7.07. The van der Waals surface area contributed by atoms with Gasteiger partial charge < -0.3 is 10.1 Å². The van der Waals surface area contributed by atoms with Crippen LogP contribution >= 0.6 is 34.5 Å². The van der Waals surface area contributed by atoms with Crippen molar-refractivity contribution in [3.8, 4) is 11.5 Å². The van der Waals surface area contributed by atoms with Crippen LogP contribution in [-0.4, -0.2) is 31.2 Å². The molecule has 0 aliphatic carbocycles. The number of amides is 1. The van der Waals surface area contributed by atoms with Crippen molar-refractivity contribution < 1.29 is 17.9 Å². The summed E-state index contributed by atoms with van der Waals surface area (Å²) in [4.78, 5) is 12.8. The normalized spacial score (nSPS) is 16.8. The number of carbonyl (C=O) groups is 1. The molecule has 1 aliphatic heterocycles. The van der Waals surface area contributed by atoms with Crippen LogP contribution in [0, 0.1) is 0 Å². The van der Waals surface area contributed by atoms with Gasteiger partial charge in [0.05, 0.1) is 4.34 Å². The summed E-state index contributed by atoms with van der Waals surface area (Å²) in [6, 6.07) is 16.7. The molecule has 0 spiro atoms. The van der Waals surface area contributed by atoms with Crippen molar-refractivity contribution in [1.82, 2.24) is 9.62 Å². The molecule has 10 heteroatoms. The largest absolute Gasteiger partial charge is 0.457 e. The van der Waals surface area contributed by atoms with Crippen LogP contribution in [0.3, 0.4) is 0 Å². The van der Waals surface area contributed by atoms with Crippen LogP contribution in [0.1, 0.15) is 18.4 Å². The minimum Gasteiger partial charge on any atom is -0.457 e. The molecule has 0 unspecified atom stereocenters. The van der Waals surface area contributed by atoms with Crippen molar-refractivity contribution in [1.29, 1.82) is 0 Å². The SMILES string of the molecule is O=C(NCc1cccc(Oc2cccc(Cl)c2)c1)[C@@H]1CCCN1S(=O)(=O)c1ccc(Cl)s1. The lowest BCUT2D eigenvalue weighted by Gasteiger charge is -2.22. The topological polar surface area (TPSA) is 75.7 Å². The Morgan fingerprint density at radius 1 is 1.09 bits per heavy atom. The smallest absolute Gasteiger partial charge is 0.253 e. The number of nitrogens with zero attached hydrogens (tertiary/aromatic N) is 1. The number of hydrogen-bond donors (Lipinski definition) is 1. The highest BCUT2D eigenvalue weighted by Crippen LogP contribution is 2.32. The molecule has 1 aliphatic rings. The van der Waals surface area contributed by atoms with Gasteiger partial charge in [0.15, 0.2) is 0 Å². The molecule has 4 rings (SSSR count). The first kappa shape index (κ1) is 23.1. The van der Waals surface area contributed by atoms with Crippen LogP contribution in [0.5, 0.6) is 11.5 Å². The van der Waals surface area contributed by atoms with Gasteiger partial charge in [-0.1, -0.05) is 41.4 Å². The van der Waals surface area contributed by atoms with Gasteiger partial charge in [0.2, 0.25) is 5.91 Å². The number of hydrogen-bond acceptors (Lipinski definition) is 5. The van der Waals surface area contributed by atoms with E-state index in [1.165, 1.54) is 10.4 Å². The van der Waals surface area contributed by atoms with E-state index >= 15 is 0 Å². The first-order valence-corrected chi connectivity index (χ1v) is 12.9. The van der Waals surface area contributed by atoms with E-state index in [1.807, 2.05) is 24.3 Å². The maximum absolute atomic E-state index is 13.0. The summed E-state index contributed by atoms with van der Waals surface area (Å²) in [5.41, 5.74) is 0.829. The zero-order valence-corrected chi connectivity index (χ0v) is 20.0. The van der Waals surface area contributed by atoms with E-state index < -0.39 is 16.1 Å². The summed E-state index contributed by atoms with van der Waals surface area (Å²) >= 11 is 12.9.